The summed E-state index contributed by atoms with van der Waals surface area (Å²) in [7, 11) is -3.02. The first kappa shape index (κ1) is 11.5. The highest BCUT2D eigenvalue weighted by Crippen LogP contribution is 2.22. The third-order valence-corrected chi connectivity index (χ3v) is 3.66. The van der Waals surface area contributed by atoms with Gasteiger partial charge in [0, 0.05) is 6.26 Å². The van der Waals surface area contributed by atoms with E-state index in [-0.39, 0.29) is 12.2 Å². The summed E-state index contributed by atoms with van der Waals surface area (Å²) in [6.45, 7) is 1.74. The van der Waals surface area contributed by atoms with Gasteiger partial charge in [-0.15, -0.1) is 5.10 Å². The van der Waals surface area contributed by atoms with Crippen molar-refractivity contribution in [3.8, 4) is 0 Å². The van der Waals surface area contributed by atoms with Crippen LogP contribution in [0.2, 0.25) is 0 Å². The van der Waals surface area contributed by atoms with Gasteiger partial charge < -0.3 is 5.11 Å². The average molecular weight is 236 g/mol. The van der Waals surface area contributed by atoms with Crippen LogP contribution in [0.4, 0.5) is 0 Å². The van der Waals surface area contributed by atoms with Gasteiger partial charge in [-0.05, 0) is 24.9 Å². The Bertz CT molecular complexity index is 399. The number of aliphatic hydroxyl groups is 1. The van der Waals surface area contributed by atoms with E-state index in [1.807, 2.05) is 0 Å². The summed E-state index contributed by atoms with van der Waals surface area (Å²) in [5, 5.41) is 13.4. The molecule has 0 bridgehead atoms. The predicted molar refractivity (Wildman–Crippen MR) is 53.9 cm³/mol. The first-order valence-corrected chi connectivity index (χ1v) is 6.88. The van der Waals surface area contributed by atoms with Crippen molar-refractivity contribution in [2.75, 3.05) is 12.0 Å². The molecule has 0 spiro atoms. The number of aryl methyl sites for hydroxylation is 1. The van der Waals surface area contributed by atoms with E-state index in [9.17, 15) is 13.5 Å². The van der Waals surface area contributed by atoms with Crippen LogP contribution in [-0.4, -0.2) is 35.1 Å². The maximum atomic E-state index is 10.9. The second kappa shape index (κ2) is 4.33. The molecular formula is C7H12N2O3S2. The fourth-order valence-electron chi connectivity index (χ4n) is 1.000. The summed E-state index contributed by atoms with van der Waals surface area (Å²) in [5.74, 6) is -0.0223. The smallest absolute Gasteiger partial charge is 0.147 e. The Labute approximate surface area is 86.9 Å². The third-order valence-electron chi connectivity index (χ3n) is 1.75. The number of aromatic nitrogens is 2. The lowest BCUT2D eigenvalue weighted by Crippen LogP contribution is -2.08. The Kier molecular flexibility index (Phi) is 3.57. The van der Waals surface area contributed by atoms with Crippen LogP contribution in [0.1, 0.15) is 23.1 Å². The number of sulfone groups is 1. The highest BCUT2D eigenvalue weighted by molar-refractivity contribution is 7.90. The zero-order valence-corrected chi connectivity index (χ0v) is 9.60. The molecule has 1 heterocycles. The Hall–Kier alpha value is -0.530. The monoisotopic (exact) mass is 236 g/mol. The van der Waals surface area contributed by atoms with Gasteiger partial charge in [0.15, 0.2) is 0 Å². The molecule has 7 heteroatoms. The molecule has 0 saturated carbocycles. The second-order valence-electron chi connectivity index (χ2n) is 3.16. The zero-order chi connectivity index (χ0) is 10.8. The van der Waals surface area contributed by atoms with E-state index < -0.39 is 15.9 Å². The molecular weight excluding hydrogens is 224 g/mol. The van der Waals surface area contributed by atoms with Crippen LogP contribution in [0, 0.1) is 6.92 Å². The van der Waals surface area contributed by atoms with Crippen molar-refractivity contribution < 1.29 is 13.5 Å². The number of hydrogen-bond donors (Lipinski definition) is 1. The van der Waals surface area contributed by atoms with Gasteiger partial charge in [-0.3, -0.25) is 0 Å². The van der Waals surface area contributed by atoms with Crippen molar-refractivity contribution >= 4 is 21.4 Å². The summed E-state index contributed by atoms with van der Waals surface area (Å²) in [6, 6.07) is 0. The molecule has 1 aromatic rings. The molecule has 14 heavy (non-hydrogen) atoms. The third kappa shape index (κ3) is 3.32. The first-order chi connectivity index (χ1) is 6.40. The summed E-state index contributed by atoms with van der Waals surface area (Å²) in [6.07, 6.45) is 0.575. The lowest BCUT2D eigenvalue weighted by atomic mass is 10.2. The molecule has 0 amide bonds. The molecule has 1 N–H and O–H groups in total. The molecule has 1 aromatic heterocycles. The maximum Gasteiger partial charge on any atom is 0.147 e. The lowest BCUT2D eigenvalue weighted by Gasteiger charge is -2.06. The topological polar surface area (TPSA) is 80.2 Å². The van der Waals surface area contributed by atoms with Crippen LogP contribution in [-0.2, 0) is 9.84 Å². The summed E-state index contributed by atoms with van der Waals surface area (Å²) < 4.78 is 25.4. The SMILES string of the molecule is Cc1nnsc1C(O)CCS(C)(=O)=O. The van der Waals surface area contributed by atoms with Gasteiger partial charge in [0.2, 0.25) is 0 Å². The van der Waals surface area contributed by atoms with E-state index >= 15 is 0 Å². The summed E-state index contributed by atoms with van der Waals surface area (Å²) >= 11 is 1.10. The maximum absolute atomic E-state index is 10.9. The van der Waals surface area contributed by atoms with E-state index in [2.05, 4.69) is 9.59 Å². The molecule has 5 nitrogen and oxygen atoms in total. The summed E-state index contributed by atoms with van der Waals surface area (Å²) in [5.41, 5.74) is 0.663. The molecule has 0 saturated heterocycles. The highest BCUT2D eigenvalue weighted by Gasteiger charge is 2.16. The van der Waals surface area contributed by atoms with Crippen LogP contribution in [0.3, 0.4) is 0 Å². The van der Waals surface area contributed by atoms with E-state index in [0.717, 1.165) is 17.8 Å². The van der Waals surface area contributed by atoms with Gasteiger partial charge >= 0.3 is 0 Å². The number of rotatable bonds is 4. The van der Waals surface area contributed by atoms with Gasteiger partial charge in [0.05, 0.1) is 22.4 Å². The van der Waals surface area contributed by atoms with E-state index in [4.69, 9.17) is 0 Å². The molecule has 1 atom stereocenters. The highest BCUT2D eigenvalue weighted by atomic mass is 32.2. The molecule has 0 radical (unpaired) electrons. The molecule has 80 valence electrons. The van der Waals surface area contributed by atoms with Gasteiger partial charge in [-0.25, -0.2) is 8.42 Å². The Balaban J connectivity index is 2.60. The Morgan fingerprint density at radius 3 is 2.64 bits per heavy atom. The second-order valence-corrected chi connectivity index (χ2v) is 6.20. The predicted octanol–water partition coefficient (Wildman–Crippen LogP) is 0.315. The van der Waals surface area contributed by atoms with Crippen LogP contribution < -0.4 is 0 Å². The fourth-order valence-corrected chi connectivity index (χ4v) is 2.31. The standard InChI is InChI=1S/C7H12N2O3S2/c1-5-7(13-9-8-5)6(10)3-4-14(2,11)12/h6,10H,3-4H2,1-2H3. The minimum Gasteiger partial charge on any atom is -0.387 e. The number of hydrogen-bond acceptors (Lipinski definition) is 6. The van der Waals surface area contributed by atoms with Crippen LogP contribution in [0.5, 0.6) is 0 Å². The molecule has 0 fully saturated rings. The molecule has 1 unspecified atom stereocenters. The normalized spacial score (nSPS) is 14.2. The van der Waals surface area contributed by atoms with E-state index in [1.165, 1.54) is 0 Å². The summed E-state index contributed by atoms with van der Waals surface area (Å²) in [4.78, 5) is 0.647. The van der Waals surface area contributed by atoms with E-state index in [0.29, 0.717) is 10.6 Å². The average Bonchev–Trinajstić information content (AvgIpc) is 2.46. The Morgan fingerprint density at radius 1 is 1.57 bits per heavy atom. The van der Waals surface area contributed by atoms with Crippen LogP contribution in [0.25, 0.3) is 0 Å². The van der Waals surface area contributed by atoms with Crippen molar-refractivity contribution in [3.05, 3.63) is 10.6 Å². The van der Waals surface area contributed by atoms with Gasteiger partial charge in [0.25, 0.3) is 0 Å². The molecule has 0 aliphatic heterocycles. The van der Waals surface area contributed by atoms with Crippen LogP contribution in [0.15, 0.2) is 0 Å². The molecule has 0 aromatic carbocycles. The minimum absolute atomic E-state index is 0.0223. The first-order valence-electron chi connectivity index (χ1n) is 4.05. The van der Waals surface area contributed by atoms with Crippen molar-refractivity contribution in [2.24, 2.45) is 0 Å². The molecule has 1 rings (SSSR count). The largest absolute Gasteiger partial charge is 0.387 e. The van der Waals surface area contributed by atoms with Crippen molar-refractivity contribution in [3.63, 3.8) is 0 Å². The molecule has 0 aliphatic carbocycles. The van der Waals surface area contributed by atoms with Crippen LogP contribution >= 0.6 is 11.5 Å². The van der Waals surface area contributed by atoms with Gasteiger partial charge in [-0.2, -0.15) is 0 Å². The van der Waals surface area contributed by atoms with Crippen molar-refractivity contribution in [1.82, 2.24) is 9.59 Å². The number of aliphatic hydroxyl groups excluding tert-OH is 1. The minimum atomic E-state index is -3.02. The molecule has 0 aliphatic rings. The number of nitrogens with zero attached hydrogens (tertiary/aromatic N) is 2. The Morgan fingerprint density at radius 2 is 2.21 bits per heavy atom. The van der Waals surface area contributed by atoms with Gasteiger partial charge in [-0.1, -0.05) is 4.49 Å². The fraction of sp³-hybridized carbons (Fsp3) is 0.714. The quantitative estimate of drug-likeness (QED) is 0.814. The van der Waals surface area contributed by atoms with Crippen molar-refractivity contribution in [2.45, 2.75) is 19.4 Å². The zero-order valence-electron chi connectivity index (χ0n) is 7.97. The van der Waals surface area contributed by atoms with E-state index in [1.54, 1.807) is 6.92 Å². The van der Waals surface area contributed by atoms with Gasteiger partial charge in [0.1, 0.15) is 9.84 Å². The lowest BCUT2D eigenvalue weighted by molar-refractivity contribution is 0.177. The van der Waals surface area contributed by atoms with Crippen molar-refractivity contribution in [1.29, 1.82) is 0 Å².